The van der Waals surface area contributed by atoms with Gasteiger partial charge in [0.25, 0.3) is 5.91 Å². The number of nitrogens with one attached hydrogen (secondary N) is 1. The van der Waals surface area contributed by atoms with E-state index >= 15 is 0 Å². The van der Waals surface area contributed by atoms with Crippen LogP contribution in [0, 0.1) is 26.6 Å². The van der Waals surface area contributed by atoms with Crippen LogP contribution in [0.5, 0.6) is 0 Å². The number of rotatable bonds is 4. The molecule has 0 spiro atoms. The number of piperidine rings is 1. The summed E-state index contributed by atoms with van der Waals surface area (Å²) in [7, 11) is 0. The number of benzene rings is 2. The van der Waals surface area contributed by atoms with Gasteiger partial charge in [-0.15, -0.1) is 0 Å². The number of hydrogen-bond donors (Lipinski definition) is 1. The summed E-state index contributed by atoms with van der Waals surface area (Å²) in [6.45, 7) is 13.1. The van der Waals surface area contributed by atoms with E-state index in [1.54, 1.807) is 0 Å². The fourth-order valence-corrected chi connectivity index (χ4v) is 4.24. The molecule has 1 heterocycles. The van der Waals surface area contributed by atoms with E-state index in [2.05, 4.69) is 31.3 Å². The molecule has 0 bridgehead atoms. The maximum absolute atomic E-state index is 13.4. The Bertz CT molecular complexity index is 781. The molecule has 1 atom stereocenters. The molecule has 1 saturated heterocycles. The molecule has 1 unspecified atom stereocenters. The van der Waals surface area contributed by atoms with Crippen molar-refractivity contribution in [2.45, 2.75) is 59.9 Å². The molecule has 2 aromatic rings. The molecule has 1 N–H and O–H groups in total. The number of quaternary nitrogens is 1. The zero-order valence-corrected chi connectivity index (χ0v) is 22.0. The Morgan fingerprint density at radius 3 is 2.00 bits per heavy atom. The first-order chi connectivity index (χ1) is 13.8. The third-order valence-electron chi connectivity index (χ3n) is 6.22. The number of hydrogen-bond acceptors (Lipinski definition) is 1. The van der Waals surface area contributed by atoms with Crippen molar-refractivity contribution >= 4 is 11.6 Å². The summed E-state index contributed by atoms with van der Waals surface area (Å²) < 4.78 is 14.3. The van der Waals surface area contributed by atoms with Crippen LogP contribution < -0.4 is 5.32 Å². The van der Waals surface area contributed by atoms with Crippen LogP contribution in [0.2, 0.25) is 0 Å². The van der Waals surface area contributed by atoms with E-state index in [9.17, 15) is 9.18 Å². The average molecular weight is 488 g/mol. The second kappa shape index (κ2) is 12.7. The molecule has 5 heteroatoms. The van der Waals surface area contributed by atoms with E-state index in [1.165, 1.54) is 37.0 Å². The Morgan fingerprint density at radius 2 is 1.57 bits per heavy atom. The molecular formula is C25H36FN2OY+. The van der Waals surface area contributed by atoms with Crippen LogP contribution in [0.1, 0.15) is 49.8 Å². The molecule has 1 amide bonds. The number of likely N-dealkylation sites (N-methyl/N-ethyl adjacent to an activating group) is 1. The van der Waals surface area contributed by atoms with Gasteiger partial charge in [0.1, 0.15) is 5.82 Å². The number of likely N-dealkylation sites (tertiary alicyclic amines) is 1. The van der Waals surface area contributed by atoms with Gasteiger partial charge < -0.3 is 9.80 Å². The van der Waals surface area contributed by atoms with Gasteiger partial charge in [0.05, 0.1) is 19.6 Å². The van der Waals surface area contributed by atoms with Gasteiger partial charge in [0, 0.05) is 38.4 Å². The van der Waals surface area contributed by atoms with Crippen LogP contribution in [-0.4, -0.2) is 36.1 Å². The van der Waals surface area contributed by atoms with Gasteiger partial charge in [-0.2, -0.15) is 0 Å². The Morgan fingerprint density at radius 1 is 1.03 bits per heavy atom. The summed E-state index contributed by atoms with van der Waals surface area (Å²) in [6.07, 6.45) is 3.66. The van der Waals surface area contributed by atoms with Gasteiger partial charge in [-0.25, -0.2) is 4.39 Å². The smallest absolute Gasteiger partial charge is 0.282 e. The van der Waals surface area contributed by atoms with Crippen molar-refractivity contribution in [3.8, 4) is 0 Å². The Kier molecular flexibility index (Phi) is 11.4. The number of aryl methyl sites for hydroxylation is 3. The third-order valence-corrected chi connectivity index (χ3v) is 6.22. The molecule has 161 valence electrons. The minimum atomic E-state index is -0.255. The Balaban J connectivity index is 0.000000477. The zero-order valence-electron chi connectivity index (χ0n) is 19.2. The topological polar surface area (TPSA) is 29.1 Å². The Hall–Kier alpha value is -1.10. The maximum atomic E-state index is 13.4. The third kappa shape index (κ3) is 7.25. The standard InChI is InChI=1S/C18H27FN2O.C7H8.Y/c1-5-21(9-7-6-8-10-21)15(4)18(22)20-17-13(2)11-16(19)12-14(17)3;1-7-5-3-2-4-6-7;/h11-12,15H,5-10H2,1-4H3;2-6H,1H3;/p+1. The maximum Gasteiger partial charge on any atom is 0.282 e. The van der Waals surface area contributed by atoms with Gasteiger partial charge >= 0.3 is 0 Å². The predicted molar refractivity (Wildman–Crippen MR) is 120 cm³/mol. The van der Waals surface area contributed by atoms with Gasteiger partial charge in [0.2, 0.25) is 0 Å². The molecule has 0 saturated carbocycles. The fraction of sp³-hybridized carbons (Fsp3) is 0.480. The van der Waals surface area contributed by atoms with Gasteiger partial charge in [0.15, 0.2) is 6.04 Å². The number of anilines is 1. The quantitative estimate of drug-likeness (QED) is 0.543. The van der Waals surface area contributed by atoms with Crippen molar-refractivity contribution in [2.24, 2.45) is 0 Å². The molecule has 1 aliphatic rings. The molecule has 0 aromatic heterocycles. The number of amides is 1. The van der Waals surface area contributed by atoms with Crippen molar-refractivity contribution in [1.29, 1.82) is 0 Å². The second-order valence-electron chi connectivity index (χ2n) is 8.28. The predicted octanol–water partition coefficient (Wildman–Crippen LogP) is 5.78. The number of halogens is 1. The first kappa shape index (κ1) is 26.9. The minimum Gasteiger partial charge on any atom is -0.320 e. The van der Waals surface area contributed by atoms with E-state index < -0.39 is 0 Å². The van der Waals surface area contributed by atoms with Gasteiger partial charge in [-0.05, 0) is 77.1 Å². The van der Waals surface area contributed by atoms with Crippen LogP contribution in [0.15, 0.2) is 42.5 Å². The van der Waals surface area contributed by atoms with Crippen LogP contribution >= 0.6 is 0 Å². The first-order valence-electron chi connectivity index (χ1n) is 10.7. The van der Waals surface area contributed by atoms with E-state index in [-0.39, 0.29) is 50.5 Å². The van der Waals surface area contributed by atoms with Crippen LogP contribution in [0.3, 0.4) is 0 Å². The number of carbonyl (C=O) groups is 1. The van der Waals surface area contributed by atoms with Crippen molar-refractivity contribution < 1.29 is 46.4 Å². The molecule has 1 radical (unpaired) electrons. The van der Waals surface area contributed by atoms with E-state index in [0.717, 1.165) is 40.9 Å². The molecular weight excluding hydrogens is 452 g/mol. The molecule has 2 aromatic carbocycles. The van der Waals surface area contributed by atoms with E-state index in [0.29, 0.717) is 0 Å². The molecule has 1 aliphatic heterocycles. The van der Waals surface area contributed by atoms with Crippen molar-refractivity contribution in [3.05, 3.63) is 65.0 Å². The zero-order chi connectivity index (χ0) is 21.4. The molecule has 3 rings (SSSR count). The monoisotopic (exact) mass is 488 g/mol. The second-order valence-corrected chi connectivity index (χ2v) is 8.28. The van der Waals surface area contributed by atoms with Crippen molar-refractivity contribution in [1.82, 2.24) is 0 Å². The van der Waals surface area contributed by atoms with Gasteiger partial charge in [-0.3, -0.25) is 4.79 Å². The first-order valence-corrected chi connectivity index (χ1v) is 10.7. The van der Waals surface area contributed by atoms with Crippen molar-refractivity contribution in [3.63, 3.8) is 0 Å². The summed E-state index contributed by atoms with van der Waals surface area (Å²) in [5.74, 6) is -0.212. The Labute approximate surface area is 206 Å². The van der Waals surface area contributed by atoms with E-state index in [4.69, 9.17) is 0 Å². The largest absolute Gasteiger partial charge is 0.320 e. The van der Waals surface area contributed by atoms with Crippen LogP contribution in [0.4, 0.5) is 10.1 Å². The summed E-state index contributed by atoms with van der Waals surface area (Å²) in [4.78, 5) is 12.7. The average Bonchev–Trinajstić information content (AvgIpc) is 2.71. The number of carbonyl (C=O) groups excluding carboxylic acids is 1. The molecule has 3 nitrogen and oxygen atoms in total. The normalized spacial score (nSPS) is 15.8. The summed E-state index contributed by atoms with van der Waals surface area (Å²) in [5, 5.41) is 3.04. The molecule has 30 heavy (non-hydrogen) atoms. The summed E-state index contributed by atoms with van der Waals surface area (Å²) in [5.41, 5.74) is 3.63. The molecule has 0 aliphatic carbocycles. The van der Waals surface area contributed by atoms with Gasteiger partial charge in [-0.1, -0.05) is 35.9 Å². The fourth-order valence-electron chi connectivity index (χ4n) is 4.24. The van der Waals surface area contributed by atoms with Crippen LogP contribution in [-0.2, 0) is 37.5 Å². The summed E-state index contributed by atoms with van der Waals surface area (Å²) in [6, 6.07) is 13.1. The van der Waals surface area contributed by atoms with Crippen molar-refractivity contribution in [2.75, 3.05) is 25.0 Å². The van der Waals surface area contributed by atoms with E-state index in [1.807, 2.05) is 39.0 Å². The minimum absolute atomic E-state index is 0. The SMILES string of the molecule is CC[N+]1(C(C)C(=O)Nc2c(C)cc(F)cc2C)CCCCC1.Cc1ccccc1.[Y]. The molecule has 1 fully saturated rings. The number of nitrogens with zero attached hydrogens (tertiary/aromatic N) is 1. The van der Waals surface area contributed by atoms with Crippen LogP contribution in [0.25, 0.3) is 0 Å². The summed E-state index contributed by atoms with van der Waals surface area (Å²) >= 11 is 0.